The van der Waals surface area contributed by atoms with E-state index in [1.165, 1.54) is 0 Å². The van der Waals surface area contributed by atoms with E-state index in [-0.39, 0.29) is 5.92 Å². The first-order chi connectivity index (χ1) is 4.22. The summed E-state index contributed by atoms with van der Waals surface area (Å²) in [6, 6.07) is 0. The number of hydrogen-bond donors (Lipinski definition) is 0. The fourth-order valence-electron chi connectivity index (χ4n) is 0.816. The molecule has 0 fully saturated rings. The third kappa shape index (κ3) is 3.50. The van der Waals surface area contributed by atoms with Crippen LogP contribution in [0.5, 0.6) is 0 Å². The molecule has 0 spiro atoms. The molecule has 9 heavy (non-hydrogen) atoms. The zero-order valence-corrected chi connectivity index (χ0v) is 6.65. The Morgan fingerprint density at radius 3 is 2.22 bits per heavy atom. The standard InChI is InChI=1S/C8H17F/c1-4-6-8(9)7(3)5-2/h7-8H,4-6H2,1-3H3/t7-,8-/m0/s1. The van der Waals surface area contributed by atoms with Crippen molar-refractivity contribution in [1.82, 2.24) is 0 Å². The van der Waals surface area contributed by atoms with E-state index in [9.17, 15) is 4.39 Å². The van der Waals surface area contributed by atoms with Crippen LogP contribution in [0.4, 0.5) is 4.39 Å². The Labute approximate surface area is 57.5 Å². The third-order valence-corrected chi connectivity index (χ3v) is 1.83. The highest BCUT2D eigenvalue weighted by Gasteiger charge is 2.11. The minimum absolute atomic E-state index is 0.255. The predicted octanol–water partition coefficient (Wildman–Crippen LogP) is 3.17. The second-order valence-corrected chi connectivity index (χ2v) is 2.69. The summed E-state index contributed by atoms with van der Waals surface area (Å²) in [5.41, 5.74) is 0. The average Bonchev–Trinajstić information content (AvgIpc) is 1.87. The fraction of sp³-hybridized carbons (Fsp3) is 1.00. The lowest BCUT2D eigenvalue weighted by Gasteiger charge is -2.12. The van der Waals surface area contributed by atoms with Gasteiger partial charge in [0.25, 0.3) is 0 Å². The molecule has 0 aliphatic carbocycles. The van der Waals surface area contributed by atoms with Gasteiger partial charge in [0.05, 0.1) is 0 Å². The molecule has 0 rings (SSSR count). The summed E-state index contributed by atoms with van der Waals surface area (Å²) < 4.78 is 12.8. The Kier molecular flexibility index (Phi) is 4.74. The minimum Gasteiger partial charge on any atom is -0.247 e. The van der Waals surface area contributed by atoms with Gasteiger partial charge in [-0.05, 0) is 12.3 Å². The Morgan fingerprint density at radius 2 is 1.89 bits per heavy atom. The fourth-order valence-corrected chi connectivity index (χ4v) is 0.816. The molecule has 0 amide bonds. The molecule has 0 aliphatic heterocycles. The second-order valence-electron chi connectivity index (χ2n) is 2.69. The maximum Gasteiger partial charge on any atom is 0.103 e. The van der Waals surface area contributed by atoms with E-state index in [2.05, 4.69) is 0 Å². The van der Waals surface area contributed by atoms with Gasteiger partial charge in [0.1, 0.15) is 6.17 Å². The van der Waals surface area contributed by atoms with Crippen molar-refractivity contribution < 1.29 is 4.39 Å². The number of rotatable bonds is 4. The van der Waals surface area contributed by atoms with Crippen LogP contribution in [0.1, 0.15) is 40.0 Å². The molecule has 0 aromatic heterocycles. The lowest BCUT2D eigenvalue weighted by molar-refractivity contribution is 0.221. The largest absolute Gasteiger partial charge is 0.247 e. The van der Waals surface area contributed by atoms with Crippen molar-refractivity contribution in [3.05, 3.63) is 0 Å². The Morgan fingerprint density at radius 1 is 1.33 bits per heavy atom. The highest BCUT2D eigenvalue weighted by molar-refractivity contribution is 4.61. The number of alkyl halides is 1. The molecule has 2 atom stereocenters. The first kappa shape index (κ1) is 8.93. The van der Waals surface area contributed by atoms with Gasteiger partial charge in [-0.2, -0.15) is 0 Å². The second kappa shape index (κ2) is 4.78. The van der Waals surface area contributed by atoms with E-state index in [1.54, 1.807) is 0 Å². The summed E-state index contributed by atoms with van der Waals surface area (Å²) in [5.74, 6) is 0.255. The highest BCUT2D eigenvalue weighted by Crippen LogP contribution is 2.15. The monoisotopic (exact) mass is 132 g/mol. The highest BCUT2D eigenvalue weighted by atomic mass is 19.1. The molecule has 0 saturated carbocycles. The summed E-state index contributed by atoms with van der Waals surface area (Å²) in [6.45, 7) is 6.03. The minimum atomic E-state index is -0.569. The lowest BCUT2D eigenvalue weighted by Crippen LogP contribution is -2.10. The molecule has 56 valence electrons. The number of halogens is 1. The van der Waals surface area contributed by atoms with Crippen LogP contribution >= 0.6 is 0 Å². The molecule has 0 aromatic rings. The van der Waals surface area contributed by atoms with Gasteiger partial charge in [0, 0.05) is 0 Å². The normalized spacial score (nSPS) is 17.3. The zero-order chi connectivity index (χ0) is 7.28. The van der Waals surface area contributed by atoms with E-state index in [0.29, 0.717) is 0 Å². The topological polar surface area (TPSA) is 0 Å². The van der Waals surface area contributed by atoms with Crippen molar-refractivity contribution in [3.63, 3.8) is 0 Å². The molecule has 0 heterocycles. The van der Waals surface area contributed by atoms with Crippen LogP contribution in [-0.2, 0) is 0 Å². The molecule has 0 bridgehead atoms. The summed E-state index contributed by atoms with van der Waals surface area (Å²) in [7, 11) is 0. The summed E-state index contributed by atoms with van der Waals surface area (Å²) >= 11 is 0. The van der Waals surface area contributed by atoms with Gasteiger partial charge in [0.15, 0.2) is 0 Å². The zero-order valence-electron chi connectivity index (χ0n) is 6.65. The molecule has 0 saturated heterocycles. The van der Waals surface area contributed by atoms with Gasteiger partial charge in [-0.15, -0.1) is 0 Å². The SMILES string of the molecule is CCC[C@H](F)[C@@H](C)CC. The van der Waals surface area contributed by atoms with Crippen LogP contribution in [0, 0.1) is 5.92 Å². The lowest BCUT2D eigenvalue weighted by atomic mass is 10.00. The molecular weight excluding hydrogens is 115 g/mol. The van der Waals surface area contributed by atoms with E-state index >= 15 is 0 Å². The van der Waals surface area contributed by atoms with Crippen molar-refractivity contribution in [2.45, 2.75) is 46.2 Å². The van der Waals surface area contributed by atoms with Crippen molar-refractivity contribution in [2.24, 2.45) is 5.92 Å². The van der Waals surface area contributed by atoms with E-state index < -0.39 is 6.17 Å². The van der Waals surface area contributed by atoms with Gasteiger partial charge in [-0.3, -0.25) is 0 Å². The predicted molar refractivity (Wildman–Crippen MR) is 39.3 cm³/mol. The molecule has 0 N–H and O–H groups in total. The van der Waals surface area contributed by atoms with Gasteiger partial charge in [-0.25, -0.2) is 4.39 Å². The Bertz CT molecular complexity index is 61.6. The first-order valence-electron chi connectivity index (χ1n) is 3.86. The quantitative estimate of drug-likeness (QED) is 0.551. The molecule has 0 aromatic carbocycles. The smallest absolute Gasteiger partial charge is 0.103 e. The van der Waals surface area contributed by atoms with Gasteiger partial charge < -0.3 is 0 Å². The van der Waals surface area contributed by atoms with Crippen LogP contribution < -0.4 is 0 Å². The van der Waals surface area contributed by atoms with Crippen molar-refractivity contribution in [3.8, 4) is 0 Å². The van der Waals surface area contributed by atoms with E-state index in [4.69, 9.17) is 0 Å². The van der Waals surface area contributed by atoms with Crippen molar-refractivity contribution in [1.29, 1.82) is 0 Å². The molecule has 0 aliphatic rings. The van der Waals surface area contributed by atoms with Crippen LogP contribution in [0.15, 0.2) is 0 Å². The van der Waals surface area contributed by atoms with Crippen LogP contribution in [0.25, 0.3) is 0 Å². The van der Waals surface area contributed by atoms with Crippen molar-refractivity contribution in [2.75, 3.05) is 0 Å². The third-order valence-electron chi connectivity index (χ3n) is 1.83. The van der Waals surface area contributed by atoms with Crippen LogP contribution in [0.2, 0.25) is 0 Å². The molecule has 1 heteroatoms. The molecule has 0 radical (unpaired) electrons. The van der Waals surface area contributed by atoms with E-state index in [1.807, 2.05) is 20.8 Å². The van der Waals surface area contributed by atoms with Gasteiger partial charge >= 0.3 is 0 Å². The van der Waals surface area contributed by atoms with Gasteiger partial charge in [0.2, 0.25) is 0 Å². The summed E-state index contributed by atoms with van der Waals surface area (Å²) in [6.07, 6.45) is 2.08. The van der Waals surface area contributed by atoms with Crippen LogP contribution in [0.3, 0.4) is 0 Å². The Balaban J connectivity index is 3.32. The molecule has 0 unspecified atom stereocenters. The Hall–Kier alpha value is -0.0700. The first-order valence-corrected chi connectivity index (χ1v) is 3.86. The summed E-state index contributed by atoms with van der Waals surface area (Å²) in [5, 5.41) is 0. The molecule has 0 nitrogen and oxygen atoms in total. The number of hydrogen-bond acceptors (Lipinski definition) is 0. The maximum absolute atomic E-state index is 12.8. The molecular formula is C8H17F. The summed E-state index contributed by atoms with van der Waals surface area (Å²) in [4.78, 5) is 0. The van der Waals surface area contributed by atoms with E-state index in [0.717, 1.165) is 19.3 Å². The maximum atomic E-state index is 12.8. The average molecular weight is 132 g/mol. The van der Waals surface area contributed by atoms with Crippen LogP contribution in [-0.4, -0.2) is 6.17 Å². The van der Waals surface area contributed by atoms with Gasteiger partial charge in [-0.1, -0.05) is 33.6 Å². The van der Waals surface area contributed by atoms with Crippen molar-refractivity contribution >= 4 is 0 Å².